The Morgan fingerprint density at radius 1 is 1.19 bits per heavy atom. The molecular weight excluding hydrogens is 408 g/mol. The van der Waals surface area contributed by atoms with Crippen LogP contribution in [0.2, 0.25) is 0 Å². The van der Waals surface area contributed by atoms with Gasteiger partial charge in [0.25, 0.3) is 0 Å². The predicted molar refractivity (Wildman–Crippen MR) is 116 cm³/mol. The Morgan fingerprint density at radius 2 is 1.94 bits per heavy atom. The third kappa shape index (κ3) is 2.88. The molecule has 0 bridgehead atoms. The minimum Gasteiger partial charge on any atom is -0.455 e. The summed E-state index contributed by atoms with van der Waals surface area (Å²) in [7, 11) is 0. The standard InChI is InChI=1S/C26H38O6/c1-13(24-29-9-10-30-24)16-5-6-17-21-18(7-8-25(16,17)3)26(4)15(11-19(21)28)12-20(31-14(2)27)22-23(26)32-22/h12-13,16-24,28H,5-11H2,1-4H3/t13?,16-,17?,18?,19-,20-,21?,22+,23+,25-,26+/m1/s1. The fraction of sp³-hybridized carbons (Fsp3) is 0.885. The molecule has 6 nitrogen and oxygen atoms in total. The van der Waals surface area contributed by atoms with Gasteiger partial charge >= 0.3 is 5.97 Å². The zero-order valence-electron chi connectivity index (χ0n) is 19.8. The minimum atomic E-state index is -0.342. The zero-order chi connectivity index (χ0) is 22.4. The molecule has 4 unspecified atom stereocenters. The lowest BCUT2D eigenvalue weighted by molar-refractivity contribution is -0.146. The molecule has 178 valence electrons. The van der Waals surface area contributed by atoms with E-state index in [4.69, 9.17) is 18.9 Å². The maximum Gasteiger partial charge on any atom is 0.303 e. The predicted octanol–water partition coefficient (Wildman–Crippen LogP) is 3.46. The van der Waals surface area contributed by atoms with Crippen molar-refractivity contribution in [3.63, 3.8) is 0 Å². The highest BCUT2D eigenvalue weighted by Gasteiger charge is 2.69. The van der Waals surface area contributed by atoms with Gasteiger partial charge in [-0.25, -0.2) is 0 Å². The molecule has 6 heteroatoms. The van der Waals surface area contributed by atoms with Crippen LogP contribution in [0.25, 0.3) is 0 Å². The highest BCUT2D eigenvalue weighted by atomic mass is 16.7. The maximum absolute atomic E-state index is 11.6. The Bertz CT molecular complexity index is 819. The van der Waals surface area contributed by atoms with Gasteiger partial charge in [0.15, 0.2) is 6.29 Å². The van der Waals surface area contributed by atoms with Crippen LogP contribution in [0.5, 0.6) is 0 Å². The number of aliphatic hydroxyl groups is 1. The van der Waals surface area contributed by atoms with E-state index in [0.717, 1.165) is 6.42 Å². The van der Waals surface area contributed by atoms with E-state index in [-0.39, 0.29) is 47.5 Å². The number of carbonyl (C=O) groups excluding carboxylic acids is 1. The van der Waals surface area contributed by atoms with Gasteiger partial charge in [0.2, 0.25) is 0 Å². The van der Waals surface area contributed by atoms with E-state index in [1.807, 2.05) is 0 Å². The number of carbonyl (C=O) groups is 1. The maximum atomic E-state index is 11.6. The van der Waals surface area contributed by atoms with Gasteiger partial charge in [-0.3, -0.25) is 4.79 Å². The molecule has 0 aromatic carbocycles. The number of epoxide rings is 1. The molecule has 2 heterocycles. The van der Waals surface area contributed by atoms with Crippen molar-refractivity contribution in [2.24, 2.45) is 40.4 Å². The fourth-order valence-corrected chi connectivity index (χ4v) is 9.11. The van der Waals surface area contributed by atoms with Crippen LogP contribution in [0.15, 0.2) is 11.6 Å². The summed E-state index contributed by atoms with van der Waals surface area (Å²) in [4.78, 5) is 11.6. The highest BCUT2D eigenvalue weighted by molar-refractivity contribution is 5.66. The third-order valence-corrected chi connectivity index (χ3v) is 10.6. The summed E-state index contributed by atoms with van der Waals surface area (Å²) in [6, 6.07) is 0. The van der Waals surface area contributed by atoms with Crippen molar-refractivity contribution in [2.75, 3.05) is 13.2 Å². The average molecular weight is 447 g/mol. The normalized spacial score (nSPS) is 52.8. The number of aliphatic hydroxyl groups excluding tert-OH is 1. The molecule has 5 fully saturated rings. The topological polar surface area (TPSA) is 77.5 Å². The van der Waals surface area contributed by atoms with E-state index < -0.39 is 0 Å². The number of esters is 1. The van der Waals surface area contributed by atoms with Crippen molar-refractivity contribution in [1.29, 1.82) is 0 Å². The lowest BCUT2D eigenvalue weighted by Gasteiger charge is -2.59. The van der Waals surface area contributed by atoms with Crippen LogP contribution in [0.1, 0.15) is 59.8 Å². The van der Waals surface area contributed by atoms with Crippen LogP contribution < -0.4 is 0 Å². The van der Waals surface area contributed by atoms with Gasteiger partial charge in [-0.2, -0.15) is 0 Å². The van der Waals surface area contributed by atoms with E-state index >= 15 is 0 Å². The number of hydrogen-bond donors (Lipinski definition) is 1. The van der Waals surface area contributed by atoms with Gasteiger partial charge in [0.05, 0.1) is 25.4 Å². The van der Waals surface area contributed by atoms with Gasteiger partial charge in [-0.1, -0.05) is 26.3 Å². The number of rotatable bonds is 3. The second-order valence-electron chi connectivity index (χ2n) is 11.8. The second kappa shape index (κ2) is 7.27. The Balaban J connectivity index is 1.29. The summed E-state index contributed by atoms with van der Waals surface area (Å²) >= 11 is 0. The average Bonchev–Trinajstić information content (AvgIpc) is 3.22. The highest BCUT2D eigenvalue weighted by Crippen LogP contribution is 2.69. The van der Waals surface area contributed by atoms with Gasteiger partial charge in [-0.05, 0) is 67.3 Å². The zero-order valence-corrected chi connectivity index (χ0v) is 19.8. The molecule has 0 radical (unpaired) electrons. The summed E-state index contributed by atoms with van der Waals surface area (Å²) in [6.45, 7) is 10.0. The van der Waals surface area contributed by atoms with Crippen LogP contribution in [-0.4, -0.2) is 55.0 Å². The van der Waals surface area contributed by atoms with Crippen molar-refractivity contribution < 1.29 is 28.8 Å². The van der Waals surface area contributed by atoms with Crippen molar-refractivity contribution in [3.8, 4) is 0 Å². The summed E-state index contributed by atoms with van der Waals surface area (Å²) in [5.41, 5.74) is 1.40. The monoisotopic (exact) mass is 446 g/mol. The summed E-state index contributed by atoms with van der Waals surface area (Å²) in [6.07, 6.45) is 6.80. The first-order valence-corrected chi connectivity index (χ1v) is 12.7. The van der Waals surface area contributed by atoms with Gasteiger partial charge in [-0.15, -0.1) is 0 Å². The largest absolute Gasteiger partial charge is 0.455 e. The first kappa shape index (κ1) is 21.6. The minimum absolute atomic E-state index is 0.0233. The molecule has 4 aliphatic carbocycles. The van der Waals surface area contributed by atoms with Crippen LogP contribution in [0.3, 0.4) is 0 Å². The second-order valence-corrected chi connectivity index (χ2v) is 11.8. The van der Waals surface area contributed by atoms with Crippen molar-refractivity contribution in [1.82, 2.24) is 0 Å². The van der Waals surface area contributed by atoms with Crippen LogP contribution in [0, 0.1) is 40.4 Å². The number of fused-ring (bicyclic) bond motifs is 7. The first-order chi connectivity index (χ1) is 15.2. The third-order valence-electron chi connectivity index (χ3n) is 10.6. The van der Waals surface area contributed by atoms with Crippen LogP contribution in [-0.2, 0) is 23.7 Å². The molecule has 6 aliphatic rings. The Kier molecular flexibility index (Phi) is 4.90. The fourth-order valence-electron chi connectivity index (χ4n) is 9.11. The van der Waals surface area contributed by atoms with E-state index in [2.05, 4.69) is 26.8 Å². The Hall–Kier alpha value is -0.950. The molecule has 3 saturated carbocycles. The molecule has 0 aromatic heterocycles. The van der Waals surface area contributed by atoms with Crippen molar-refractivity contribution in [2.45, 2.75) is 90.5 Å². The molecule has 6 rings (SSSR count). The number of hydrogen-bond acceptors (Lipinski definition) is 6. The SMILES string of the molecule is CC(=O)O[C@@H]1C=C2C[C@@H](O)C3C4CC[C@H](C(C)C5OCCO5)[C@@]4(C)CCC3[C@@]2(C)[C@H]2O[C@@H]12. The van der Waals surface area contributed by atoms with E-state index in [1.54, 1.807) is 0 Å². The quantitative estimate of drug-likeness (QED) is 0.406. The molecule has 2 aliphatic heterocycles. The summed E-state index contributed by atoms with van der Waals surface area (Å²) in [5.74, 6) is 1.91. The van der Waals surface area contributed by atoms with Gasteiger partial charge in [0.1, 0.15) is 12.2 Å². The number of ether oxygens (including phenoxy) is 4. The molecule has 32 heavy (non-hydrogen) atoms. The molecular formula is C26H38O6. The van der Waals surface area contributed by atoms with E-state index in [9.17, 15) is 9.90 Å². The smallest absolute Gasteiger partial charge is 0.303 e. The Morgan fingerprint density at radius 3 is 2.66 bits per heavy atom. The van der Waals surface area contributed by atoms with E-state index in [1.165, 1.54) is 31.8 Å². The molecule has 2 saturated heterocycles. The summed E-state index contributed by atoms with van der Waals surface area (Å²) < 4.78 is 23.5. The van der Waals surface area contributed by atoms with Gasteiger partial charge in [0, 0.05) is 18.3 Å². The van der Waals surface area contributed by atoms with Crippen molar-refractivity contribution >= 4 is 5.97 Å². The van der Waals surface area contributed by atoms with Crippen LogP contribution in [0.4, 0.5) is 0 Å². The van der Waals surface area contributed by atoms with Gasteiger partial charge < -0.3 is 24.1 Å². The molecule has 0 aromatic rings. The first-order valence-electron chi connectivity index (χ1n) is 12.7. The van der Waals surface area contributed by atoms with Crippen molar-refractivity contribution in [3.05, 3.63) is 11.6 Å². The lowest BCUT2D eigenvalue weighted by Crippen LogP contribution is -2.58. The van der Waals surface area contributed by atoms with E-state index in [0.29, 0.717) is 49.2 Å². The van der Waals surface area contributed by atoms with Crippen LogP contribution >= 0.6 is 0 Å². The Labute approximate surface area is 191 Å². The molecule has 0 spiro atoms. The lowest BCUT2D eigenvalue weighted by atomic mass is 9.45. The summed E-state index contributed by atoms with van der Waals surface area (Å²) in [5, 5.41) is 11.5. The molecule has 0 amide bonds. The molecule has 1 N–H and O–H groups in total. The molecule has 11 atom stereocenters.